The first-order valence-electron chi connectivity index (χ1n) is 9.83. The first-order chi connectivity index (χ1) is 13.0. The Hall–Kier alpha value is -1.81. The summed E-state index contributed by atoms with van der Waals surface area (Å²) in [4.78, 5) is 15.2. The highest BCUT2D eigenvalue weighted by Crippen LogP contribution is 2.57. The normalized spacial score (nSPS) is 27.6. The Labute approximate surface area is 168 Å². The van der Waals surface area contributed by atoms with Crippen molar-refractivity contribution in [3.05, 3.63) is 57.6 Å². The summed E-state index contributed by atoms with van der Waals surface area (Å²) in [5, 5.41) is 0. The molecule has 0 radical (unpaired) electrons. The van der Waals surface area contributed by atoms with Crippen LogP contribution in [0, 0.1) is 31.6 Å². The van der Waals surface area contributed by atoms with Crippen molar-refractivity contribution >= 4 is 27.5 Å². The number of hydrogen-bond donors (Lipinski definition) is 0. The number of rotatable bonds is 4. The number of ether oxygens (including phenoxy) is 1. The van der Waals surface area contributed by atoms with Gasteiger partial charge >= 0.3 is 0 Å². The molecule has 1 aliphatic heterocycles. The molecule has 1 amide bonds. The minimum absolute atomic E-state index is 0.109. The van der Waals surface area contributed by atoms with Gasteiger partial charge in [-0.3, -0.25) is 4.79 Å². The molecular weight excluding hydrogens is 402 g/mol. The predicted octanol–water partition coefficient (Wildman–Crippen LogP) is 5.23. The summed E-state index contributed by atoms with van der Waals surface area (Å²) in [5.74, 6) is 2.96. The van der Waals surface area contributed by atoms with Crippen molar-refractivity contribution in [3.8, 4) is 5.75 Å². The van der Waals surface area contributed by atoms with E-state index in [0.29, 0.717) is 24.4 Å². The number of amides is 1. The molecule has 2 aromatic rings. The van der Waals surface area contributed by atoms with Crippen LogP contribution in [0.4, 0.5) is 5.69 Å². The van der Waals surface area contributed by atoms with Gasteiger partial charge in [0, 0.05) is 28.5 Å². The molecule has 5 rings (SSSR count). The SMILES string of the molecule is Cc1cccc(OCC2CC2C(=O)N2C[C@@H]3C[C@@H]3c3c(Br)cccc32)c1C. The van der Waals surface area contributed by atoms with Crippen LogP contribution < -0.4 is 9.64 Å². The molecule has 0 spiro atoms. The van der Waals surface area contributed by atoms with Gasteiger partial charge < -0.3 is 9.64 Å². The fraction of sp³-hybridized carbons (Fsp3) is 0.435. The molecule has 2 aliphatic carbocycles. The van der Waals surface area contributed by atoms with E-state index in [1.54, 1.807) is 0 Å². The first-order valence-corrected chi connectivity index (χ1v) is 10.6. The maximum Gasteiger partial charge on any atom is 0.230 e. The zero-order valence-corrected chi connectivity index (χ0v) is 17.3. The van der Waals surface area contributed by atoms with Gasteiger partial charge in [-0.25, -0.2) is 0 Å². The Morgan fingerprint density at radius 3 is 2.85 bits per heavy atom. The molecule has 2 saturated carbocycles. The summed E-state index contributed by atoms with van der Waals surface area (Å²) in [6, 6.07) is 12.4. The molecule has 4 atom stereocenters. The average molecular weight is 426 g/mol. The predicted molar refractivity (Wildman–Crippen MR) is 110 cm³/mol. The van der Waals surface area contributed by atoms with Gasteiger partial charge in [0.15, 0.2) is 0 Å². The molecule has 1 heterocycles. The lowest BCUT2D eigenvalue weighted by Crippen LogP contribution is -2.37. The Balaban J connectivity index is 1.27. The van der Waals surface area contributed by atoms with E-state index in [0.717, 1.165) is 28.9 Å². The van der Waals surface area contributed by atoms with Gasteiger partial charge in [0.05, 0.1) is 6.61 Å². The topological polar surface area (TPSA) is 29.5 Å². The largest absolute Gasteiger partial charge is 0.493 e. The molecule has 27 heavy (non-hydrogen) atoms. The van der Waals surface area contributed by atoms with E-state index in [4.69, 9.17) is 4.74 Å². The fourth-order valence-electron chi connectivity index (χ4n) is 4.48. The molecule has 0 saturated heterocycles. The van der Waals surface area contributed by atoms with E-state index >= 15 is 0 Å². The van der Waals surface area contributed by atoms with E-state index in [1.165, 1.54) is 23.1 Å². The molecule has 0 aromatic heterocycles. The number of carbonyl (C=O) groups excluding carboxylic acids is 1. The van der Waals surface area contributed by atoms with Crippen molar-refractivity contribution in [1.82, 2.24) is 0 Å². The smallest absolute Gasteiger partial charge is 0.230 e. The molecular formula is C23H24BrNO2. The molecule has 0 bridgehead atoms. The monoisotopic (exact) mass is 425 g/mol. The van der Waals surface area contributed by atoms with Gasteiger partial charge in [-0.1, -0.05) is 34.1 Å². The maximum absolute atomic E-state index is 13.2. The average Bonchev–Trinajstić information content (AvgIpc) is 3.56. The van der Waals surface area contributed by atoms with Crippen LogP contribution in [0.3, 0.4) is 0 Å². The van der Waals surface area contributed by atoms with Gasteiger partial charge in [0.25, 0.3) is 0 Å². The highest BCUT2D eigenvalue weighted by molar-refractivity contribution is 9.10. The van der Waals surface area contributed by atoms with Gasteiger partial charge in [-0.15, -0.1) is 0 Å². The van der Waals surface area contributed by atoms with Crippen molar-refractivity contribution < 1.29 is 9.53 Å². The molecule has 140 valence electrons. The van der Waals surface area contributed by atoms with E-state index < -0.39 is 0 Å². The second-order valence-electron chi connectivity index (χ2n) is 8.34. The van der Waals surface area contributed by atoms with Crippen LogP contribution in [0.15, 0.2) is 40.9 Å². The second kappa shape index (κ2) is 6.37. The Kier molecular flexibility index (Phi) is 4.08. The first kappa shape index (κ1) is 17.3. The van der Waals surface area contributed by atoms with Crippen molar-refractivity contribution in [2.45, 2.75) is 32.6 Å². The number of anilines is 1. The van der Waals surface area contributed by atoms with Crippen molar-refractivity contribution in [2.75, 3.05) is 18.1 Å². The minimum Gasteiger partial charge on any atom is -0.493 e. The fourth-order valence-corrected chi connectivity index (χ4v) is 5.13. The molecule has 3 nitrogen and oxygen atoms in total. The summed E-state index contributed by atoms with van der Waals surface area (Å²) in [7, 11) is 0. The van der Waals surface area contributed by atoms with Gasteiger partial charge in [-0.05, 0) is 73.4 Å². The Morgan fingerprint density at radius 2 is 2.00 bits per heavy atom. The number of fused-ring (bicyclic) bond motifs is 3. The highest BCUT2D eigenvalue weighted by atomic mass is 79.9. The van der Waals surface area contributed by atoms with Gasteiger partial charge in [0.1, 0.15) is 5.75 Å². The van der Waals surface area contributed by atoms with Crippen LogP contribution in [0.1, 0.15) is 35.4 Å². The number of nitrogens with zero attached hydrogens (tertiary/aromatic N) is 1. The number of benzene rings is 2. The number of carbonyl (C=O) groups is 1. The van der Waals surface area contributed by atoms with Crippen molar-refractivity contribution in [3.63, 3.8) is 0 Å². The molecule has 3 aliphatic rings. The van der Waals surface area contributed by atoms with Crippen LogP contribution in [-0.4, -0.2) is 19.1 Å². The number of aryl methyl sites for hydroxylation is 1. The quantitative estimate of drug-likeness (QED) is 0.670. The third-order valence-electron chi connectivity index (χ3n) is 6.54. The maximum atomic E-state index is 13.2. The van der Waals surface area contributed by atoms with Gasteiger partial charge in [0.2, 0.25) is 5.91 Å². The van der Waals surface area contributed by atoms with Crippen molar-refractivity contribution in [2.24, 2.45) is 17.8 Å². The van der Waals surface area contributed by atoms with Crippen LogP contribution >= 0.6 is 15.9 Å². The van der Waals surface area contributed by atoms with E-state index in [1.807, 2.05) is 18.2 Å². The third kappa shape index (κ3) is 2.98. The van der Waals surface area contributed by atoms with E-state index in [-0.39, 0.29) is 11.8 Å². The Bertz CT molecular complexity index is 925. The standard InChI is InChI=1S/C23H24BrNO2/c1-13-5-3-8-21(14(13)2)27-12-16-10-18(16)23(26)25-11-15-9-17(15)22-19(24)6-4-7-20(22)25/h3-8,15-18H,9-12H2,1-2H3/t15-,16?,17-,18?/m0/s1. The van der Waals surface area contributed by atoms with E-state index in [2.05, 4.69) is 52.9 Å². The summed E-state index contributed by atoms with van der Waals surface area (Å²) >= 11 is 3.70. The zero-order valence-electron chi connectivity index (χ0n) is 15.7. The summed E-state index contributed by atoms with van der Waals surface area (Å²) in [6.45, 7) is 5.71. The van der Waals surface area contributed by atoms with Crippen LogP contribution in [0.25, 0.3) is 0 Å². The van der Waals surface area contributed by atoms with Gasteiger partial charge in [-0.2, -0.15) is 0 Å². The molecule has 2 fully saturated rings. The third-order valence-corrected chi connectivity index (χ3v) is 7.24. The molecule has 4 heteroatoms. The minimum atomic E-state index is 0.109. The molecule has 0 N–H and O–H groups in total. The number of halogens is 1. The lowest BCUT2D eigenvalue weighted by Gasteiger charge is -2.30. The summed E-state index contributed by atoms with van der Waals surface area (Å²) < 4.78 is 7.20. The summed E-state index contributed by atoms with van der Waals surface area (Å²) in [5.41, 5.74) is 4.89. The second-order valence-corrected chi connectivity index (χ2v) is 9.19. The molecule has 2 unspecified atom stereocenters. The lowest BCUT2D eigenvalue weighted by atomic mass is 10.0. The summed E-state index contributed by atoms with van der Waals surface area (Å²) in [6.07, 6.45) is 2.15. The highest BCUT2D eigenvalue weighted by Gasteiger charge is 2.51. The molecule has 2 aromatic carbocycles. The van der Waals surface area contributed by atoms with Crippen LogP contribution in [0.2, 0.25) is 0 Å². The number of hydrogen-bond acceptors (Lipinski definition) is 2. The van der Waals surface area contributed by atoms with Crippen LogP contribution in [-0.2, 0) is 4.79 Å². The lowest BCUT2D eigenvalue weighted by molar-refractivity contribution is -0.120. The van der Waals surface area contributed by atoms with Crippen LogP contribution in [0.5, 0.6) is 5.75 Å². The van der Waals surface area contributed by atoms with Crippen molar-refractivity contribution in [1.29, 1.82) is 0 Å². The Morgan fingerprint density at radius 1 is 1.19 bits per heavy atom. The zero-order chi connectivity index (χ0) is 18.7. The van der Waals surface area contributed by atoms with E-state index in [9.17, 15) is 4.79 Å².